The first kappa shape index (κ1) is 14.7. The molecule has 7 heteroatoms. The Morgan fingerprint density at radius 2 is 2.10 bits per heavy atom. The van der Waals surface area contributed by atoms with Gasteiger partial charge in [-0.05, 0) is 25.1 Å². The van der Waals surface area contributed by atoms with Crippen molar-refractivity contribution in [2.24, 2.45) is 0 Å². The highest BCUT2D eigenvalue weighted by Gasteiger charge is 2.24. The van der Waals surface area contributed by atoms with Gasteiger partial charge in [0.2, 0.25) is 0 Å². The minimum absolute atomic E-state index is 0.0590. The number of para-hydroxylation sites is 1. The van der Waals surface area contributed by atoms with Gasteiger partial charge in [0, 0.05) is 19.6 Å². The molecule has 0 spiro atoms. The molecule has 1 fully saturated rings. The molecule has 2 N–H and O–H groups in total. The first-order chi connectivity index (χ1) is 9.59. The molecule has 0 aliphatic carbocycles. The predicted octanol–water partition coefficient (Wildman–Crippen LogP) is 1.24. The van der Waals surface area contributed by atoms with Crippen molar-refractivity contribution in [3.8, 4) is 0 Å². The van der Waals surface area contributed by atoms with E-state index in [1.54, 1.807) is 0 Å². The van der Waals surface area contributed by atoms with Crippen LogP contribution in [0.25, 0.3) is 0 Å². The van der Waals surface area contributed by atoms with E-state index < -0.39 is 17.6 Å². The third kappa shape index (κ3) is 3.46. The number of hydrogen-bond acceptors (Lipinski definition) is 3. The molecule has 0 atom stereocenters. The molecule has 2 amide bonds. The van der Waals surface area contributed by atoms with Crippen LogP contribution in [0.5, 0.6) is 0 Å². The number of benzene rings is 1. The number of carbonyl (C=O) groups excluding carboxylic acids is 2. The molecule has 0 bridgehead atoms. The van der Waals surface area contributed by atoms with Gasteiger partial charge < -0.3 is 15.5 Å². The van der Waals surface area contributed by atoms with Gasteiger partial charge in [-0.2, -0.15) is 0 Å². The fraction of sp³-hybridized carbons (Fsp3) is 0.385. The minimum Gasteiger partial charge on any atom is -0.333 e. The van der Waals surface area contributed by atoms with Gasteiger partial charge in [-0.3, -0.25) is 9.59 Å². The van der Waals surface area contributed by atoms with Crippen LogP contribution in [0.3, 0.4) is 0 Å². The molecule has 0 unspecified atom stereocenters. The summed E-state index contributed by atoms with van der Waals surface area (Å²) in [5, 5.41) is 5.43. The summed E-state index contributed by atoms with van der Waals surface area (Å²) in [7, 11) is 0. The third-order valence-electron chi connectivity index (χ3n) is 3.02. The SMILES string of the molecule is O=C(Nc1c(F)cccc1Cl)C(=O)N1CCCNCC1. The maximum absolute atomic E-state index is 13.5. The fourth-order valence-corrected chi connectivity index (χ4v) is 2.19. The molecule has 1 aromatic rings. The van der Waals surface area contributed by atoms with Gasteiger partial charge >= 0.3 is 11.8 Å². The van der Waals surface area contributed by atoms with Crippen LogP contribution >= 0.6 is 11.6 Å². The van der Waals surface area contributed by atoms with Gasteiger partial charge in [-0.1, -0.05) is 17.7 Å². The highest BCUT2D eigenvalue weighted by molar-refractivity contribution is 6.41. The number of hydrogen-bond donors (Lipinski definition) is 2. The molecule has 1 aromatic carbocycles. The third-order valence-corrected chi connectivity index (χ3v) is 3.34. The van der Waals surface area contributed by atoms with Crippen molar-refractivity contribution in [1.82, 2.24) is 10.2 Å². The second-order valence-electron chi connectivity index (χ2n) is 4.45. The zero-order valence-corrected chi connectivity index (χ0v) is 11.5. The second kappa shape index (κ2) is 6.67. The smallest absolute Gasteiger partial charge is 0.314 e. The van der Waals surface area contributed by atoms with Crippen molar-refractivity contribution in [2.75, 3.05) is 31.5 Å². The number of nitrogens with zero attached hydrogens (tertiary/aromatic N) is 1. The lowest BCUT2D eigenvalue weighted by atomic mass is 10.3. The van der Waals surface area contributed by atoms with Crippen molar-refractivity contribution in [2.45, 2.75) is 6.42 Å². The van der Waals surface area contributed by atoms with E-state index in [-0.39, 0.29) is 10.7 Å². The van der Waals surface area contributed by atoms with Crippen LogP contribution in [0.2, 0.25) is 5.02 Å². The van der Waals surface area contributed by atoms with E-state index in [4.69, 9.17) is 11.6 Å². The molecular formula is C13H15ClFN3O2. The maximum Gasteiger partial charge on any atom is 0.314 e. The number of carbonyl (C=O) groups is 2. The summed E-state index contributed by atoms with van der Waals surface area (Å²) in [6.45, 7) is 2.41. The Balaban J connectivity index is 2.05. The molecule has 2 rings (SSSR count). The first-order valence-corrected chi connectivity index (χ1v) is 6.72. The van der Waals surface area contributed by atoms with Crippen LogP contribution in [-0.4, -0.2) is 42.9 Å². The van der Waals surface area contributed by atoms with Crippen LogP contribution < -0.4 is 10.6 Å². The Kier molecular flexibility index (Phi) is 4.92. The summed E-state index contributed by atoms with van der Waals surface area (Å²) >= 11 is 5.80. The van der Waals surface area contributed by atoms with Crippen LogP contribution in [-0.2, 0) is 9.59 Å². The summed E-state index contributed by atoms with van der Waals surface area (Å²) < 4.78 is 13.5. The Morgan fingerprint density at radius 3 is 2.85 bits per heavy atom. The van der Waals surface area contributed by atoms with Gasteiger partial charge in [-0.15, -0.1) is 0 Å². The van der Waals surface area contributed by atoms with E-state index in [1.807, 2.05) is 0 Å². The largest absolute Gasteiger partial charge is 0.333 e. The minimum atomic E-state index is -0.876. The highest BCUT2D eigenvalue weighted by atomic mass is 35.5. The van der Waals surface area contributed by atoms with E-state index in [0.29, 0.717) is 19.6 Å². The van der Waals surface area contributed by atoms with Gasteiger partial charge in [-0.25, -0.2) is 4.39 Å². The van der Waals surface area contributed by atoms with E-state index in [9.17, 15) is 14.0 Å². The van der Waals surface area contributed by atoms with E-state index in [2.05, 4.69) is 10.6 Å². The standard InChI is InChI=1S/C13H15ClFN3O2/c14-9-3-1-4-10(15)11(9)17-12(19)13(20)18-7-2-5-16-6-8-18/h1,3-4,16H,2,5-8H2,(H,17,19). The molecule has 0 aromatic heterocycles. The Morgan fingerprint density at radius 1 is 1.30 bits per heavy atom. The quantitative estimate of drug-likeness (QED) is 0.767. The van der Waals surface area contributed by atoms with E-state index in [1.165, 1.54) is 23.1 Å². The predicted molar refractivity (Wildman–Crippen MR) is 74.1 cm³/mol. The van der Waals surface area contributed by atoms with E-state index in [0.717, 1.165) is 13.0 Å². The van der Waals surface area contributed by atoms with Crippen LogP contribution in [0.15, 0.2) is 18.2 Å². The Bertz CT molecular complexity index is 496. The molecule has 0 saturated carbocycles. The van der Waals surface area contributed by atoms with E-state index >= 15 is 0 Å². The van der Waals surface area contributed by atoms with Crippen LogP contribution in [0.4, 0.5) is 10.1 Å². The molecule has 0 radical (unpaired) electrons. The molecule has 1 aliphatic rings. The molecule has 20 heavy (non-hydrogen) atoms. The van der Waals surface area contributed by atoms with Gasteiger partial charge in [0.25, 0.3) is 0 Å². The molecule has 1 saturated heterocycles. The number of rotatable bonds is 1. The Hall–Kier alpha value is -1.66. The zero-order valence-electron chi connectivity index (χ0n) is 10.8. The lowest BCUT2D eigenvalue weighted by Crippen LogP contribution is -2.41. The normalized spacial score (nSPS) is 15.6. The lowest BCUT2D eigenvalue weighted by molar-refractivity contribution is -0.143. The number of halogens is 2. The van der Waals surface area contributed by atoms with Crippen molar-refractivity contribution in [1.29, 1.82) is 0 Å². The molecule has 108 valence electrons. The topological polar surface area (TPSA) is 61.4 Å². The maximum atomic E-state index is 13.5. The van der Waals surface area contributed by atoms with Crippen molar-refractivity contribution >= 4 is 29.1 Å². The van der Waals surface area contributed by atoms with Crippen molar-refractivity contribution < 1.29 is 14.0 Å². The monoisotopic (exact) mass is 299 g/mol. The molecule has 1 aliphatic heterocycles. The number of anilines is 1. The summed E-state index contributed by atoms with van der Waals surface area (Å²) in [5.74, 6) is -2.22. The Labute approximate surface area is 121 Å². The average Bonchev–Trinajstić information content (AvgIpc) is 2.71. The summed E-state index contributed by atoms with van der Waals surface area (Å²) in [6.07, 6.45) is 0.777. The first-order valence-electron chi connectivity index (χ1n) is 6.34. The average molecular weight is 300 g/mol. The summed E-state index contributed by atoms with van der Waals surface area (Å²) in [4.78, 5) is 25.3. The zero-order chi connectivity index (χ0) is 14.5. The molecule has 5 nitrogen and oxygen atoms in total. The number of amides is 2. The van der Waals surface area contributed by atoms with Crippen molar-refractivity contribution in [3.05, 3.63) is 29.0 Å². The fourth-order valence-electron chi connectivity index (χ4n) is 1.98. The molecule has 1 heterocycles. The lowest BCUT2D eigenvalue weighted by Gasteiger charge is -2.19. The molecular weight excluding hydrogens is 285 g/mol. The summed E-state index contributed by atoms with van der Waals surface area (Å²) in [6, 6.07) is 4.04. The van der Waals surface area contributed by atoms with Gasteiger partial charge in [0.1, 0.15) is 5.82 Å². The number of nitrogens with one attached hydrogen (secondary N) is 2. The van der Waals surface area contributed by atoms with Gasteiger partial charge in [0.15, 0.2) is 0 Å². The van der Waals surface area contributed by atoms with Crippen molar-refractivity contribution in [3.63, 3.8) is 0 Å². The van der Waals surface area contributed by atoms with Crippen LogP contribution in [0, 0.1) is 5.82 Å². The summed E-state index contributed by atoms with van der Waals surface area (Å²) in [5.41, 5.74) is -0.166. The van der Waals surface area contributed by atoms with Gasteiger partial charge in [0.05, 0.1) is 10.7 Å². The highest BCUT2D eigenvalue weighted by Crippen LogP contribution is 2.24. The second-order valence-corrected chi connectivity index (χ2v) is 4.85. The van der Waals surface area contributed by atoms with Crippen LogP contribution in [0.1, 0.15) is 6.42 Å².